The number of benzene rings is 3. The zero-order valence-electron chi connectivity index (χ0n) is 29.4. The maximum atomic E-state index is 14.5. The number of halogens is 1. The summed E-state index contributed by atoms with van der Waals surface area (Å²) >= 11 is 6.19. The molecule has 1 unspecified atom stereocenters. The highest BCUT2D eigenvalue weighted by molar-refractivity contribution is 7.89. The molecule has 13 nitrogen and oxygen atoms in total. The Kier molecular flexibility index (Phi) is 13.7. The van der Waals surface area contributed by atoms with Crippen LogP contribution in [0.1, 0.15) is 37.8 Å². The molecular weight excluding hydrogens is 700 g/mol. The Bertz CT molecular complexity index is 1770. The van der Waals surface area contributed by atoms with Crippen molar-refractivity contribution in [2.75, 3.05) is 41.0 Å². The highest BCUT2D eigenvalue weighted by Crippen LogP contribution is 2.30. The van der Waals surface area contributed by atoms with Gasteiger partial charge in [0.15, 0.2) is 0 Å². The number of carbonyl (C=O) groups is 3. The summed E-state index contributed by atoms with van der Waals surface area (Å²) in [6, 6.07) is 16.1. The summed E-state index contributed by atoms with van der Waals surface area (Å²) in [6.07, 6.45) is 0.148. The van der Waals surface area contributed by atoms with Crippen LogP contribution in [0.25, 0.3) is 0 Å². The minimum Gasteiger partial charge on any atom is -0.497 e. The van der Waals surface area contributed by atoms with Crippen molar-refractivity contribution in [3.63, 3.8) is 0 Å². The Morgan fingerprint density at radius 3 is 2.18 bits per heavy atom. The molecule has 1 saturated heterocycles. The average Bonchev–Trinajstić information content (AvgIpc) is 3.11. The van der Waals surface area contributed by atoms with E-state index in [0.717, 1.165) is 9.87 Å². The van der Waals surface area contributed by atoms with Crippen LogP contribution in [-0.4, -0.2) is 98.5 Å². The van der Waals surface area contributed by atoms with Gasteiger partial charge in [0.2, 0.25) is 27.7 Å². The maximum absolute atomic E-state index is 14.5. The standard InChI is InChI=1S/C36H45ClN4O9S/c1-24(2)15-33-36(44)39(21-26-17-30(49-4)20-31(18-26)50-5)22-28(19-34(42)38-45)41(33)35(43)23-40(14-13-25-7-6-8-27(37)16-25)51(46,47)32-11-9-29(48-3)10-12-32/h6-12,16-18,20,24,28,33,45H,13-15,19,21-23H2,1-5H3,(H,38,42)/t28?,33-/m0/s1. The van der Waals surface area contributed by atoms with Crippen molar-refractivity contribution in [1.82, 2.24) is 19.6 Å². The van der Waals surface area contributed by atoms with Crippen LogP contribution in [0, 0.1) is 5.92 Å². The molecule has 0 radical (unpaired) electrons. The molecule has 276 valence electrons. The molecule has 2 N–H and O–H groups in total. The van der Waals surface area contributed by atoms with Gasteiger partial charge in [-0.3, -0.25) is 19.6 Å². The van der Waals surface area contributed by atoms with E-state index in [9.17, 15) is 28.0 Å². The molecule has 15 heteroatoms. The van der Waals surface area contributed by atoms with Gasteiger partial charge in [0.25, 0.3) is 0 Å². The zero-order chi connectivity index (χ0) is 37.3. The lowest BCUT2D eigenvalue weighted by Gasteiger charge is -2.47. The number of piperazine rings is 1. The van der Waals surface area contributed by atoms with E-state index in [2.05, 4.69) is 0 Å². The summed E-state index contributed by atoms with van der Waals surface area (Å²) in [5.74, 6) is -0.324. The smallest absolute Gasteiger partial charge is 0.245 e. The second-order valence-corrected chi connectivity index (χ2v) is 15.0. The second kappa shape index (κ2) is 17.7. The molecule has 3 aromatic carbocycles. The normalized spacial score (nSPS) is 16.4. The third kappa shape index (κ3) is 10.1. The van der Waals surface area contributed by atoms with Gasteiger partial charge in [-0.05, 0) is 78.4 Å². The number of carbonyl (C=O) groups excluding carboxylic acids is 3. The lowest BCUT2D eigenvalue weighted by molar-refractivity contribution is -0.159. The molecule has 0 bridgehead atoms. The lowest BCUT2D eigenvalue weighted by Crippen LogP contribution is -2.65. The van der Waals surface area contributed by atoms with Crippen molar-refractivity contribution < 1.29 is 42.2 Å². The average molecular weight is 745 g/mol. The van der Waals surface area contributed by atoms with Gasteiger partial charge >= 0.3 is 0 Å². The van der Waals surface area contributed by atoms with E-state index in [1.165, 1.54) is 50.5 Å². The number of sulfonamides is 1. The van der Waals surface area contributed by atoms with Gasteiger partial charge in [-0.15, -0.1) is 0 Å². The first-order valence-corrected chi connectivity index (χ1v) is 18.2. The second-order valence-electron chi connectivity index (χ2n) is 12.7. The van der Waals surface area contributed by atoms with Crippen LogP contribution >= 0.6 is 11.6 Å². The SMILES string of the molecule is COc1ccc(S(=O)(=O)N(CCc2cccc(Cl)c2)CC(=O)N2C(CC(=O)NO)CN(Cc3cc(OC)cc(OC)c3)C(=O)[C@@H]2CC(C)C)cc1. The molecule has 3 amide bonds. The number of hydrogen-bond donors (Lipinski definition) is 2. The van der Waals surface area contributed by atoms with E-state index < -0.39 is 40.5 Å². The number of amides is 3. The van der Waals surface area contributed by atoms with Crippen molar-refractivity contribution in [2.24, 2.45) is 5.92 Å². The molecule has 0 aromatic heterocycles. The number of ether oxygens (including phenoxy) is 3. The first-order chi connectivity index (χ1) is 24.3. The number of methoxy groups -OCH3 is 3. The monoisotopic (exact) mass is 744 g/mol. The summed E-state index contributed by atoms with van der Waals surface area (Å²) in [7, 11) is 0.257. The summed E-state index contributed by atoms with van der Waals surface area (Å²) in [4.78, 5) is 44.2. The number of hydroxylamine groups is 1. The molecule has 0 spiro atoms. The number of hydrogen-bond acceptors (Lipinski definition) is 9. The van der Waals surface area contributed by atoms with Crippen molar-refractivity contribution in [2.45, 2.75) is 56.6 Å². The Hall–Kier alpha value is -4.37. The van der Waals surface area contributed by atoms with Gasteiger partial charge in [-0.25, -0.2) is 13.9 Å². The van der Waals surface area contributed by atoms with Crippen molar-refractivity contribution >= 4 is 39.3 Å². The molecule has 1 heterocycles. The summed E-state index contributed by atoms with van der Waals surface area (Å²) < 4.78 is 45.3. The fraction of sp³-hybridized carbons (Fsp3) is 0.417. The van der Waals surface area contributed by atoms with Gasteiger partial charge in [0.1, 0.15) is 23.3 Å². The Morgan fingerprint density at radius 2 is 1.61 bits per heavy atom. The van der Waals surface area contributed by atoms with E-state index >= 15 is 0 Å². The van der Waals surface area contributed by atoms with E-state index in [-0.39, 0.29) is 55.6 Å². The molecule has 0 saturated carbocycles. The minimum atomic E-state index is -4.25. The first kappa shape index (κ1) is 39.4. The van der Waals surface area contributed by atoms with Gasteiger partial charge < -0.3 is 24.0 Å². The molecule has 1 fully saturated rings. The van der Waals surface area contributed by atoms with Crippen LogP contribution in [0.2, 0.25) is 5.02 Å². The van der Waals surface area contributed by atoms with Gasteiger partial charge in [-0.2, -0.15) is 4.31 Å². The predicted molar refractivity (Wildman–Crippen MR) is 190 cm³/mol. The Balaban J connectivity index is 1.72. The van der Waals surface area contributed by atoms with E-state index in [1.54, 1.807) is 46.8 Å². The molecular formula is C36H45ClN4O9S. The van der Waals surface area contributed by atoms with Crippen LogP contribution in [0.4, 0.5) is 0 Å². The van der Waals surface area contributed by atoms with Crippen molar-refractivity contribution in [1.29, 1.82) is 0 Å². The van der Waals surface area contributed by atoms with Crippen LogP contribution in [0.3, 0.4) is 0 Å². The molecule has 2 atom stereocenters. The third-order valence-corrected chi connectivity index (χ3v) is 10.7. The van der Waals surface area contributed by atoms with Gasteiger partial charge in [0.05, 0.1) is 45.2 Å². The summed E-state index contributed by atoms with van der Waals surface area (Å²) in [5, 5.41) is 9.95. The van der Waals surface area contributed by atoms with E-state index in [4.69, 9.17) is 25.8 Å². The molecule has 4 rings (SSSR count). The molecule has 1 aliphatic rings. The van der Waals surface area contributed by atoms with Crippen LogP contribution in [-0.2, 0) is 37.4 Å². The largest absolute Gasteiger partial charge is 0.497 e. The van der Waals surface area contributed by atoms with Crippen LogP contribution < -0.4 is 19.7 Å². The minimum absolute atomic E-state index is 0.0493. The highest BCUT2D eigenvalue weighted by Gasteiger charge is 2.45. The Labute approximate surface area is 304 Å². The van der Waals surface area contributed by atoms with Crippen LogP contribution in [0.15, 0.2) is 71.6 Å². The summed E-state index contributed by atoms with van der Waals surface area (Å²) in [5.41, 5.74) is 3.09. The number of rotatable bonds is 16. The number of nitrogens with zero attached hydrogens (tertiary/aromatic N) is 3. The molecule has 3 aromatic rings. The lowest BCUT2D eigenvalue weighted by atomic mass is 9.94. The quantitative estimate of drug-likeness (QED) is 0.163. The topological polar surface area (TPSA) is 155 Å². The van der Waals surface area contributed by atoms with Crippen molar-refractivity contribution in [3.8, 4) is 17.2 Å². The van der Waals surface area contributed by atoms with Crippen LogP contribution in [0.5, 0.6) is 17.2 Å². The van der Waals surface area contributed by atoms with E-state index in [1.807, 2.05) is 19.9 Å². The van der Waals surface area contributed by atoms with Gasteiger partial charge in [-0.1, -0.05) is 37.6 Å². The first-order valence-electron chi connectivity index (χ1n) is 16.4. The highest BCUT2D eigenvalue weighted by atomic mass is 35.5. The Morgan fingerprint density at radius 1 is 0.961 bits per heavy atom. The third-order valence-electron chi connectivity index (χ3n) is 8.62. The molecule has 51 heavy (non-hydrogen) atoms. The summed E-state index contributed by atoms with van der Waals surface area (Å²) in [6.45, 7) is 3.19. The fourth-order valence-electron chi connectivity index (χ4n) is 6.16. The maximum Gasteiger partial charge on any atom is 0.245 e. The predicted octanol–water partition coefficient (Wildman–Crippen LogP) is 4.15. The van der Waals surface area contributed by atoms with E-state index in [0.29, 0.717) is 27.8 Å². The van der Waals surface area contributed by atoms with Gasteiger partial charge in [0, 0.05) is 30.7 Å². The zero-order valence-corrected chi connectivity index (χ0v) is 30.9. The van der Waals surface area contributed by atoms with Crippen molar-refractivity contribution in [3.05, 3.63) is 82.9 Å². The molecule has 1 aliphatic heterocycles. The number of nitrogens with one attached hydrogen (secondary N) is 1. The molecule has 0 aliphatic carbocycles. The fourth-order valence-corrected chi connectivity index (χ4v) is 7.76.